The number of carbonyl (C=O) groups excluding carboxylic acids is 1. The zero-order chi connectivity index (χ0) is 23.1. The van der Waals surface area contributed by atoms with Gasteiger partial charge in [0, 0.05) is 23.9 Å². The molecule has 0 aliphatic heterocycles. The van der Waals surface area contributed by atoms with Gasteiger partial charge in [-0.05, 0) is 50.1 Å². The monoisotopic (exact) mass is 461 g/mol. The van der Waals surface area contributed by atoms with E-state index in [-0.39, 0.29) is 28.9 Å². The second kappa shape index (κ2) is 10.6. The minimum atomic E-state index is -3.93. The maximum Gasteiger partial charge on any atom is 0.271 e. The van der Waals surface area contributed by atoms with E-state index < -0.39 is 20.9 Å². The summed E-state index contributed by atoms with van der Waals surface area (Å²) < 4.78 is 33.5. The number of anilines is 1. The van der Waals surface area contributed by atoms with E-state index in [2.05, 4.69) is 5.32 Å². The third kappa shape index (κ3) is 5.83. The second-order valence-electron chi connectivity index (χ2n) is 7.60. The van der Waals surface area contributed by atoms with Gasteiger partial charge in [-0.3, -0.25) is 14.9 Å². The fourth-order valence-corrected chi connectivity index (χ4v) is 5.47. The second-order valence-corrected chi connectivity index (χ2v) is 9.49. The summed E-state index contributed by atoms with van der Waals surface area (Å²) in [7, 11) is -3.93. The van der Waals surface area contributed by atoms with Gasteiger partial charge in [0.15, 0.2) is 0 Å². The molecule has 1 aliphatic carbocycles. The Balaban J connectivity index is 1.83. The molecule has 2 aromatic carbocycles. The van der Waals surface area contributed by atoms with Gasteiger partial charge in [-0.1, -0.05) is 25.3 Å². The van der Waals surface area contributed by atoms with E-state index in [1.165, 1.54) is 40.7 Å². The van der Waals surface area contributed by atoms with E-state index >= 15 is 0 Å². The van der Waals surface area contributed by atoms with Gasteiger partial charge in [0.2, 0.25) is 15.9 Å². The van der Waals surface area contributed by atoms with E-state index in [0.717, 1.165) is 19.3 Å². The van der Waals surface area contributed by atoms with Crippen LogP contribution in [0.15, 0.2) is 53.4 Å². The predicted molar refractivity (Wildman–Crippen MR) is 120 cm³/mol. The van der Waals surface area contributed by atoms with Crippen LogP contribution in [0.3, 0.4) is 0 Å². The molecule has 1 aliphatic rings. The van der Waals surface area contributed by atoms with E-state index in [9.17, 15) is 23.3 Å². The van der Waals surface area contributed by atoms with Crippen molar-refractivity contribution in [1.82, 2.24) is 4.31 Å². The lowest BCUT2D eigenvalue weighted by Crippen LogP contribution is -2.45. The molecular weight excluding hydrogens is 434 g/mol. The van der Waals surface area contributed by atoms with Gasteiger partial charge < -0.3 is 10.1 Å². The number of hydrogen-bond acceptors (Lipinski definition) is 6. The van der Waals surface area contributed by atoms with Gasteiger partial charge in [0.05, 0.1) is 23.0 Å². The van der Waals surface area contributed by atoms with Crippen LogP contribution in [0.25, 0.3) is 0 Å². The topological polar surface area (TPSA) is 119 Å². The molecule has 10 heteroatoms. The van der Waals surface area contributed by atoms with Gasteiger partial charge in [0.25, 0.3) is 5.69 Å². The first-order chi connectivity index (χ1) is 15.3. The number of hydrogen-bond donors (Lipinski definition) is 1. The van der Waals surface area contributed by atoms with Crippen LogP contribution in [0, 0.1) is 10.1 Å². The van der Waals surface area contributed by atoms with Crippen molar-refractivity contribution in [3.8, 4) is 5.75 Å². The molecule has 32 heavy (non-hydrogen) atoms. The van der Waals surface area contributed by atoms with Crippen LogP contribution < -0.4 is 10.1 Å². The van der Waals surface area contributed by atoms with E-state index in [1.807, 2.05) is 6.92 Å². The molecule has 0 atom stereocenters. The van der Waals surface area contributed by atoms with Crippen molar-refractivity contribution in [1.29, 1.82) is 0 Å². The SMILES string of the molecule is CCOc1ccc(S(=O)(=O)N(CC(=O)Nc2cccc([N+](=O)[O-])c2)C2CCCCC2)cc1. The molecule has 0 unspecified atom stereocenters. The Hall–Kier alpha value is -2.98. The highest BCUT2D eigenvalue weighted by atomic mass is 32.2. The Kier molecular flexibility index (Phi) is 7.81. The summed E-state index contributed by atoms with van der Waals surface area (Å²) in [6.07, 6.45) is 4.19. The standard InChI is InChI=1S/C22H27N3O6S/c1-2-31-20-11-13-21(14-12-20)32(29,30)24(18-8-4-3-5-9-18)16-22(26)23-17-7-6-10-19(15-17)25(27)28/h6-7,10-15,18H,2-5,8-9,16H2,1H3,(H,23,26). The minimum absolute atomic E-state index is 0.0923. The first-order valence-electron chi connectivity index (χ1n) is 10.6. The van der Waals surface area contributed by atoms with Crippen LogP contribution in [-0.2, 0) is 14.8 Å². The minimum Gasteiger partial charge on any atom is -0.494 e. The smallest absolute Gasteiger partial charge is 0.271 e. The number of rotatable bonds is 9. The molecule has 1 amide bonds. The Morgan fingerprint density at radius 3 is 2.47 bits per heavy atom. The number of amides is 1. The average Bonchev–Trinajstić information content (AvgIpc) is 2.79. The lowest BCUT2D eigenvalue weighted by Gasteiger charge is -2.33. The number of carbonyl (C=O) groups is 1. The maximum atomic E-state index is 13.4. The summed E-state index contributed by atoms with van der Waals surface area (Å²) in [5.74, 6) is 0.0182. The molecule has 3 rings (SSSR count). The average molecular weight is 462 g/mol. The zero-order valence-electron chi connectivity index (χ0n) is 17.9. The highest BCUT2D eigenvalue weighted by Crippen LogP contribution is 2.29. The van der Waals surface area contributed by atoms with Gasteiger partial charge >= 0.3 is 0 Å². The van der Waals surface area contributed by atoms with Crippen molar-refractivity contribution in [2.75, 3.05) is 18.5 Å². The van der Waals surface area contributed by atoms with E-state index in [4.69, 9.17) is 4.74 Å². The molecule has 1 N–H and O–H groups in total. The third-order valence-corrected chi connectivity index (χ3v) is 7.28. The predicted octanol–water partition coefficient (Wildman–Crippen LogP) is 3.96. The fraction of sp³-hybridized carbons (Fsp3) is 0.409. The van der Waals surface area contributed by atoms with Crippen molar-refractivity contribution in [2.45, 2.75) is 50.0 Å². The van der Waals surface area contributed by atoms with Crippen molar-refractivity contribution in [3.05, 3.63) is 58.6 Å². The van der Waals surface area contributed by atoms with Crippen LogP contribution in [0.1, 0.15) is 39.0 Å². The number of nitrogens with zero attached hydrogens (tertiary/aromatic N) is 2. The summed E-state index contributed by atoms with van der Waals surface area (Å²) in [6.45, 7) is 1.94. The molecular formula is C22H27N3O6S. The highest BCUT2D eigenvalue weighted by Gasteiger charge is 2.34. The molecule has 0 radical (unpaired) electrons. The largest absolute Gasteiger partial charge is 0.494 e. The van der Waals surface area contributed by atoms with Gasteiger partial charge in [-0.15, -0.1) is 0 Å². The van der Waals surface area contributed by atoms with Crippen LogP contribution in [0.4, 0.5) is 11.4 Å². The summed E-state index contributed by atoms with van der Waals surface area (Å²) in [4.78, 5) is 23.3. The summed E-state index contributed by atoms with van der Waals surface area (Å²) >= 11 is 0. The number of non-ortho nitro benzene ring substituents is 1. The summed E-state index contributed by atoms with van der Waals surface area (Å²) in [5.41, 5.74) is 0.0835. The molecule has 0 saturated heterocycles. The molecule has 0 bridgehead atoms. The fourth-order valence-electron chi connectivity index (χ4n) is 3.83. The summed E-state index contributed by atoms with van der Waals surface area (Å²) in [5, 5.41) is 13.6. The van der Waals surface area contributed by atoms with Gasteiger partial charge in [-0.2, -0.15) is 4.31 Å². The normalized spacial score (nSPS) is 14.8. The lowest BCUT2D eigenvalue weighted by molar-refractivity contribution is -0.384. The number of nitro benzene ring substituents is 1. The number of sulfonamides is 1. The molecule has 9 nitrogen and oxygen atoms in total. The number of benzene rings is 2. The van der Waals surface area contributed by atoms with Gasteiger partial charge in [-0.25, -0.2) is 8.42 Å². The Bertz CT molecular complexity index is 1050. The lowest BCUT2D eigenvalue weighted by atomic mass is 9.95. The number of nitrogens with one attached hydrogen (secondary N) is 1. The van der Waals surface area contributed by atoms with Crippen molar-refractivity contribution in [2.24, 2.45) is 0 Å². The molecule has 0 aromatic heterocycles. The third-order valence-electron chi connectivity index (χ3n) is 5.36. The van der Waals surface area contributed by atoms with Crippen LogP contribution in [-0.4, -0.2) is 42.7 Å². The van der Waals surface area contributed by atoms with Gasteiger partial charge in [0.1, 0.15) is 5.75 Å². The zero-order valence-corrected chi connectivity index (χ0v) is 18.7. The molecule has 1 saturated carbocycles. The highest BCUT2D eigenvalue weighted by molar-refractivity contribution is 7.89. The molecule has 2 aromatic rings. The van der Waals surface area contributed by atoms with Crippen molar-refractivity contribution in [3.63, 3.8) is 0 Å². The van der Waals surface area contributed by atoms with Crippen molar-refractivity contribution >= 4 is 27.3 Å². The quantitative estimate of drug-likeness (QED) is 0.446. The Morgan fingerprint density at radius 2 is 1.84 bits per heavy atom. The van der Waals surface area contributed by atoms with Crippen molar-refractivity contribution < 1.29 is 22.9 Å². The first-order valence-corrected chi connectivity index (χ1v) is 12.0. The Morgan fingerprint density at radius 1 is 1.16 bits per heavy atom. The first kappa shape index (κ1) is 23.7. The Labute approximate surface area is 187 Å². The molecule has 1 fully saturated rings. The number of nitro groups is 1. The van der Waals surface area contributed by atoms with Crippen LogP contribution in [0.5, 0.6) is 5.75 Å². The molecule has 0 heterocycles. The maximum absolute atomic E-state index is 13.4. The summed E-state index contributed by atoms with van der Waals surface area (Å²) in [6, 6.07) is 11.4. The van der Waals surface area contributed by atoms with E-state index in [0.29, 0.717) is 25.2 Å². The van der Waals surface area contributed by atoms with Crippen LogP contribution in [0.2, 0.25) is 0 Å². The van der Waals surface area contributed by atoms with E-state index in [1.54, 1.807) is 12.1 Å². The van der Waals surface area contributed by atoms with Crippen LogP contribution >= 0.6 is 0 Å². The molecule has 0 spiro atoms. The number of ether oxygens (including phenoxy) is 1. The molecule has 172 valence electrons.